The van der Waals surface area contributed by atoms with Gasteiger partial charge in [0, 0.05) is 11.8 Å². The summed E-state index contributed by atoms with van der Waals surface area (Å²) in [4.78, 5) is 20.0. The molecule has 2 heterocycles. The number of aryl methyl sites for hydroxylation is 1. The Balaban J connectivity index is 1.91. The lowest BCUT2D eigenvalue weighted by Gasteiger charge is -2.05. The van der Waals surface area contributed by atoms with E-state index in [4.69, 9.17) is 9.26 Å². The molecule has 9 heteroatoms. The second-order valence-corrected chi connectivity index (χ2v) is 5.39. The standard InChI is InChI=1S/C17H15FN4O4/c1-9-6-20-11(7-19-9)8-21-16-14(17(23)24)15(26-22-16)10-3-4-12(18)13(5-10)25-2/h3-7H,8H2,1-2H3,(H,21,22)(H,23,24). The number of benzene rings is 1. The predicted octanol–water partition coefficient (Wildman–Crippen LogP) is 2.90. The fourth-order valence-corrected chi connectivity index (χ4v) is 2.29. The Morgan fingerprint density at radius 1 is 1.35 bits per heavy atom. The monoisotopic (exact) mass is 358 g/mol. The molecule has 2 aromatic heterocycles. The maximum absolute atomic E-state index is 13.6. The zero-order valence-electron chi connectivity index (χ0n) is 14.0. The van der Waals surface area contributed by atoms with Crippen LogP contribution in [0, 0.1) is 12.7 Å². The molecule has 0 saturated heterocycles. The number of methoxy groups -OCH3 is 1. The number of anilines is 1. The number of halogens is 1. The van der Waals surface area contributed by atoms with Crippen LogP contribution in [0.3, 0.4) is 0 Å². The zero-order chi connectivity index (χ0) is 18.7. The molecule has 1 aromatic carbocycles. The van der Waals surface area contributed by atoms with E-state index >= 15 is 0 Å². The van der Waals surface area contributed by atoms with Crippen LogP contribution >= 0.6 is 0 Å². The van der Waals surface area contributed by atoms with Gasteiger partial charge < -0.3 is 19.7 Å². The van der Waals surface area contributed by atoms with Gasteiger partial charge in [0.15, 0.2) is 28.7 Å². The van der Waals surface area contributed by atoms with Gasteiger partial charge in [-0.2, -0.15) is 0 Å². The number of aromatic carboxylic acids is 1. The largest absolute Gasteiger partial charge is 0.494 e. The summed E-state index contributed by atoms with van der Waals surface area (Å²) in [7, 11) is 1.32. The van der Waals surface area contributed by atoms with E-state index in [-0.39, 0.29) is 29.4 Å². The molecule has 26 heavy (non-hydrogen) atoms. The van der Waals surface area contributed by atoms with Crippen LogP contribution in [-0.2, 0) is 6.54 Å². The second-order valence-electron chi connectivity index (χ2n) is 5.39. The summed E-state index contributed by atoms with van der Waals surface area (Å²) in [5, 5.41) is 16.2. The molecule has 0 atom stereocenters. The number of hydrogen-bond acceptors (Lipinski definition) is 7. The Morgan fingerprint density at radius 3 is 2.81 bits per heavy atom. The van der Waals surface area contributed by atoms with E-state index in [1.54, 1.807) is 12.4 Å². The van der Waals surface area contributed by atoms with Gasteiger partial charge in [0.1, 0.15) is 0 Å². The normalized spacial score (nSPS) is 10.6. The van der Waals surface area contributed by atoms with Crippen LogP contribution in [0.25, 0.3) is 11.3 Å². The van der Waals surface area contributed by atoms with E-state index in [1.807, 2.05) is 6.92 Å². The highest BCUT2D eigenvalue weighted by atomic mass is 19.1. The van der Waals surface area contributed by atoms with Crippen LogP contribution < -0.4 is 10.1 Å². The van der Waals surface area contributed by atoms with E-state index in [9.17, 15) is 14.3 Å². The van der Waals surface area contributed by atoms with Crippen molar-refractivity contribution in [3.05, 3.63) is 53.4 Å². The van der Waals surface area contributed by atoms with Crippen molar-refractivity contribution in [2.24, 2.45) is 0 Å². The van der Waals surface area contributed by atoms with Crippen LogP contribution in [0.1, 0.15) is 21.7 Å². The number of rotatable bonds is 6. The first-order valence-electron chi connectivity index (χ1n) is 7.58. The quantitative estimate of drug-likeness (QED) is 0.692. The van der Waals surface area contributed by atoms with Crippen LogP contribution in [0.2, 0.25) is 0 Å². The highest BCUT2D eigenvalue weighted by molar-refractivity contribution is 5.99. The number of carboxylic acids is 1. The molecular formula is C17H15FN4O4. The lowest BCUT2D eigenvalue weighted by molar-refractivity contribution is 0.0698. The molecule has 0 radical (unpaired) electrons. The lowest BCUT2D eigenvalue weighted by atomic mass is 10.1. The van der Waals surface area contributed by atoms with Crippen LogP contribution in [-0.4, -0.2) is 33.3 Å². The Hall–Kier alpha value is -3.49. The minimum Gasteiger partial charge on any atom is -0.494 e. The Labute approximate surface area is 147 Å². The molecule has 0 saturated carbocycles. The zero-order valence-corrected chi connectivity index (χ0v) is 14.0. The van der Waals surface area contributed by atoms with Gasteiger partial charge in [0.25, 0.3) is 0 Å². The summed E-state index contributed by atoms with van der Waals surface area (Å²) < 4.78 is 23.7. The number of nitrogens with one attached hydrogen (secondary N) is 1. The number of ether oxygens (including phenoxy) is 1. The summed E-state index contributed by atoms with van der Waals surface area (Å²) in [6.07, 6.45) is 3.18. The van der Waals surface area contributed by atoms with Gasteiger partial charge in [0.05, 0.1) is 31.2 Å². The van der Waals surface area contributed by atoms with E-state index in [0.29, 0.717) is 11.3 Å². The first-order chi connectivity index (χ1) is 12.5. The lowest BCUT2D eigenvalue weighted by Crippen LogP contribution is -2.07. The summed E-state index contributed by atoms with van der Waals surface area (Å²) in [6.45, 7) is 2.03. The van der Waals surface area contributed by atoms with Crippen molar-refractivity contribution in [2.45, 2.75) is 13.5 Å². The molecule has 0 unspecified atom stereocenters. The average Bonchev–Trinajstić information content (AvgIpc) is 3.06. The van der Waals surface area contributed by atoms with Crippen molar-refractivity contribution in [3.63, 3.8) is 0 Å². The molecule has 134 valence electrons. The molecule has 0 aliphatic heterocycles. The highest BCUT2D eigenvalue weighted by Crippen LogP contribution is 2.32. The molecule has 0 amide bonds. The van der Waals surface area contributed by atoms with E-state index in [1.165, 1.54) is 19.2 Å². The second kappa shape index (κ2) is 7.18. The van der Waals surface area contributed by atoms with E-state index < -0.39 is 11.8 Å². The SMILES string of the molecule is COc1cc(-c2onc(NCc3cnc(C)cn3)c2C(=O)O)ccc1F. The third-order valence-corrected chi connectivity index (χ3v) is 3.59. The third kappa shape index (κ3) is 3.46. The fourth-order valence-electron chi connectivity index (χ4n) is 2.29. The number of hydrogen-bond donors (Lipinski definition) is 2. The Morgan fingerprint density at radius 2 is 2.15 bits per heavy atom. The summed E-state index contributed by atoms with van der Waals surface area (Å²) in [5.41, 5.74) is 1.55. The molecule has 0 spiro atoms. The molecule has 8 nitrogen and oxygen atoms in total. The van der Waals surface area contributed by atoms with Gasteiger partial charge in [-0.15, -0.1) is 0 Å². The first-order valence-corrected chi connectivity index (χ1v) is 7.58. The van der Waals surface area contributed by atoms with Crippen LogP contribution in [0.4, 0.5) is 10.2 Å². The van der Waals surface area contributed by atoms with Gasteiger partial charge in [-0.05, 0) is 25.1 Å². The first kappa shape index (κ1) is 17.3. The highest BCUT2D eigenvalue weighted by Gasteiger charge is 2.24. The summed E-state index contributed by atoms with van der Waals surface area (Å²) in [6, 6.07) is 3.90. The van der Waals surface area contributed by atoms with Crippen molar-refractivity contribution in [3.8, 4) is 17.1 Å². The minimum absolute atomic E-state index is 0.00621. The summed E-state index contributed by atoms with van der Waals surface area (Å²) in [5.74, 6) is -1.79. The van der Waals surface area contributed by atoms with Crippen molar-refractivity contribution in [2.75, 3.05) is 12.4 Å². The molecule has 3 aromatic rings. The molecule has 3 rings (SSSR count). The Kier molecular flexibility index (Phi) is 4.78. The molecule has 0 fully saturated rings. The van der Waals surface area contributed by atoms with E-state index in [2.05, 4.69) is 20.4 Å². The molecule has 0 aliphatic rings. The van der Waals surface area contributed by atoms with Gasteiger partial charge in [-0.3, -0.25) is 9.97 Å². The van der Waals surface area contributed by atoms with Gasteiger partial charge >= 0.3 is 5.97 Å². The predicted molar refractivity (Wildman–Crippen MR) is 89.5 cm³/mol. The maximum atomic E-state index is 13.6. The topological polar surface area (TPSA) is 110 Å². The smallest absolute Gasteiger partial charge is 0.343 e. The fraction of sp³-hybridized carbons (Fsp3) is 0.176. The third-order valence-electron chi connectivity index (χ3n) is 3.59. The number of carboxylic acid groups (broad SMARTS) is 1. The van der Waals surface area contributed by atoms with E-state index in [0.717, 1.165) is 11.8 Å². The van der Waals surface area contributed by atoms with Crippen molar-refractivity contribution in [1.29, 1.82) is 0 Å². The average molecular weight is 358 g/mol. The van der Waals surface area contributed by atoms with Crippen molar-refractivity contribution < 1.29 is 23.6 Å². The Bertz CT molecular complexity index is 940. The molecule has 0 aliphatic carbocycles. The van der Waals surface area contributed by atoms with Crippen LogP contribution in [0.5, 0.6) is 5.75 Å². The molecule has 0 bridgehead atoms. The summed E-state index contributed by atoms with van der Waals surface area (Å²) >= 11 is 0. The number of carbonyl (C=O) groups is 1. The van der Waals surface area contributed by atoms with Crippen LogP contribution in [0.15, 0.2) is 35.1 Å². The maximum Gasteiger partial charge on any atom is 0.343 e. The number of nitrogens with zero attached hydrogens (tertiary/aromatic N) is 3. The van der Waals surface area contributed by atoms with Crippen molar-refractivity contribution in [1.82, 2.24) is 15.1 Å². The number of aromatic nitrogens is 3. The molecular weight excluding hydrogens is 343 g/mol. The molecule has 2 N–H and O–H groups in total. The van der Waals surface area contributed by atoms with Gasteiger partial charge in [-0.1, -0.05) is 5.16 Å². The minimum atomic E-state index is -1.23. The van der Waals surface area contributed by atoms with Crippen molar-refractivity contribution >= 4 is 11.8 Å². The van der Waals surface area contributed by atoms with Gasteiger partial charge in [0.2, 0.25) is 0 Å². The van der Waals surface area contributed by atoms with Gasteiger partial charge in [-0.25, -0.2) is 9.18 Å².